The van der Waals surface area contributed by atoms with Gasteiger partial charge in [-0.2, -0.15) is 5.26 Å². The molecule has 0 radical (unpaired) electrons. The number of halogens is 1. The molecule has 1 heterocycles. The first-order chi connectivity index (χ1) is 8.19. The first-order valence-electron chi connectivity index (χ1n) is 4.73. The Balaban J connectivity index is 2.25. The molecule has 0 atom stereocenters. The Morgan fingerprint density at radius 2 is 2.00 bits per heavy atom. The summed E-state index contributed by atoms with van der Waals surface area (Å²) >= 11 is 6.00. The van der Waals surface area contributed by atoms with Crippen molar-refractivity contribution in [3.05, 3.63) is 41.2 Å². The molecule has 84 valence electrons. The van der Waals surface area contributed by atoms with Crippen LogP contribution in [0.1, 0.15) is 5.56 Å². The Hall–Kier alpha value is -2.32. The van der Waals surface area contributed by atoms with Crippen LogP contribution < -0.4 is 11.1 Å². The van der Waals surface area contributed by atoms with Crippen molar-refractivity contribution in [2.24, 2.45) is 0 Å². The van der Waals surface area contributed by atoms with E-state index in [0.717, 1.165) is 0 Å². The van der Waals surface area contributed by atoms with E-state index < -0.39 is 0 Å². The average Bonchev–Trinajstić information content (AvgIpc) is 2.34. The highest BCUT2D eigenvalue weighted by atomic mass is 35.5. The molecule has 0 saturated heterocycles. The number of anilines is 3. The summed E-state index contributed by atoms with van der Waals surface area (Å²) in [6.07, 6.45) is 2.99. The van der Waals surface area contributed by atoms with Crippen LogP contribution >= 0.6 is 11.6 Å². The molecule has 1 aromatic carbocycles. The topological polar surface area (TPSA) is 87.6 Å². The Morgan fingerprint density at radius 3 is 2.59 bits per heavy atom. The van der Waals surface area contributed by atoms with Gasteiger partial charge in [0.25, 0.3) is 0 Å². The van der Waals surface area contributed by atoms with Crippen molar-refractivity contribution >= 4 is 28.9 Å². The van der Waals surface area contributed by atoms with Gasteiger partial charge in [0.1, 0.15) is 0 Å². The third-order valence-corrected chi connectivity index (χ3v) is 2.33. The van der Waals surface area contributed by atoms with E-state index in [1.807, 2.05) is 6.07 Å². The minimum Gasteiger partial charge on any atom is -0.396 e. The Labute approximate surface area is 103 Å². The maximum atomic E-state index is 8.71. The zero-order chi connectivity index (χ0) is 12.3. The first kappa shape index (κ1) is 11.2. The molecule has 0 bridgehead atoms. The number of nitriles is 1. The monoisotopic (exact) mass is 245 g/mol. The zero-order valence-electron chi connectivity index (χ0n) is 8.68. The molecular weight excluding hydrogens is 238 g/mol. The van der Waals surface area contributed by atoms with E-state index in [0.29, 0.717) is 27.9 Å². The second-order valence-corrected chi connectivity index (χ2v) is 3.68. The number of aromatic nitrogens is 2. The van der Waals surface area contributed by atoms with Crippen LogP contribution in [0.25, 0.3) is 0 Å². The van der Waals surface area contributed by atoms with Gasteiger partial charge in [-0.05, 0) is 18.2 Å². The molecule has 1 aromatic heterocycles. The molecule has 5 nitrogen and oxygen atoms in total. The number of nitrogen functional groups attached to an aromatic ring is 1. The van der Waals surface area contributed by atoms with Crippen molar-refractivity contribution in [2.45, 2.75) is 0 Å². The molecule has 0 saturated carbocycles. The van der Waals surface area contributed by atoms with Crippen LogP contribution in [0.3, 0.4) is 0 Å². The molecule has 3 N–H and O–H groups in total. The van der Waals surface area contributed by atoms with E-state index in [9.17, 15) is 0 Å². The van der Waals surface area contributed by atoms with E-state index in [1.165, 1.54) is 12.4 Å². The summed E-state index contributed by atoms with van der Waals surface area (Å²) in [4.78, 5) is 7.97. The summed E-state index contributed by atoms with van der Waals surface area (Å²) < 4.78 is 0. The number of nitrogens with zero attached hydrogens (tertiary/aromatic N) is 3. The molecular formula is C11H8ClN5. The SMILES string of the molecule is N#Cc1ccc(Nc2ncc(N)cn2)c(Cl)c1. The maximum absolute atomic E-state index is 8.71. The van der Waals surface area contributed by atoms with Crippen molar-refractivity contribution in [2.75, 3.05) is 11.1 Å². The van der Waals surface area contributed by atoms with Gasteiger partial charge >= 0.3 is 0 Å². The zero-order valence-corrected chi connectivity index (χ0v) is 9.44. The molecule has 0 spiro atoms. The predicted octanol–water partition coefficient (Wildman–Crippen LogP) is 2.33. The largest absolute Gasteiger partial charge is 0.396 e. The summed E-state index contributed by atoms with van der Waals surface area (Å²) in [6, 6.07) is 6.93. The van der Waals surface area contributed by atoms with Gasteiger partial charge in [0, 0.05) is 0 Å². The highest BCUT2D eigenvalue weighted by Crippen LogP contribution is 2.24. The molecule has 2 rings (SSSR count). The fraction of sp³-hybridized carbons (Fsp3) is 0. The van der Waals surface area contributed by atoms with E-state index in [-0.39, 0.29) is 0 Å². The highest BCUT2D eigenvalue weighted by Gasteiger charge is 2.03. The molecule has 2 aromatic rings. The van der Waals surface area contributed by atoms with Gasteiger partial charge < -0.3 is 11.1 Å². The second kappa shape index (κ2) is 4.68. The van der Waals surface area contributed by atoms with Crippen LogP contribution in [0.15, 0.2) is 30.6 Å². The maximum Gasteiger partial charge on any atom is 0.227 e. The van der Waals surface area contributed by atoms with Crippen molar-refractivity contribution < 1.29 is 0 Å². The number of benzene rings is 1. The molecule has 17 heavy (non-hydrogen) atoms. The van der Waals surface area contributed by atoms with E-state index >= 15 is 0 Å². The standard InChI is InChI=1S/C11H8ClN5/c12-9-3-7(4-13)1-2-10(9)17-11-15-5-8(14)6-16-11/h1-3,5-6H,14H2,(H,15,16,17). The summed E-state index contributed by atoms with van der Waals surface area (Å²) in [6.45, 7) is 0. The fourth-order valence-electron chi connectivity index (χ4n) is 1.21. The molecule has 0 aliphatic rings. The second-order valence-electron chi connectivity index (χ2n) is 3.27. The van der Waals surface area contributed by atoms with Gasteiger partial charge in [-0.25, -0.2) is 9.97 Å². The van der Waals surface area contributed by atoms with Crippen LogP contribution in [0.2, 0.25) is 5.02 Å². The minimum absolute atomic E-state index is 0.394. The van der Waals surface area contributed by atoms with Crippen LogP contribution in [-0.4, -0.2) is 9.97 Å². The first-order valence-corrected chi connectivity index (χ1v) is 5.11. The summed E-state index contributed by atoms with van der Waals surface area (Å²) in [5, 5.41) is 12.1. The summed E-state index contributed by atoms with van der Waals surface area (Å²) in [5.41, 5.74) is 7.09. The van der Waals surface area contributed by atoms with Gasteiger partial charge in [0.15, 0.2) is 0 Å². The van der Waals surface area contributed by atoms with Crippen molar-refractivity contribution in [1.82, 2.24) is 9.97 Å². The number of nitrogens with two attached hydrogens (primary N) is 1. The average molecular weight is 246 g/mol. The number of rotatable bonds is 2. The fourth-order valence-corrected chi connectivity index (χ4v) is 1.44. The number of hydrogen-bond donors (Lipinski definition) is 2. The van der Waals surface area contributed by atoms with Gasteiger partial charge in [0.2, 0.25) is 5.95 Å². The third kappa shape index (κ3) is 2.62. The van der Waals surface area contributed by atoms with Gasteiger partial charge in [-0.15, -0.1) is 0 Å². The lowest BCUT2D eigenvalue weighted by Crippen LogP contribution is -1.98. The molecule has 0 unspecified atom stereocenters. The Bertz CT molecular complexity index is 573. The van der Waals surface area contributed by atoms with Crippen molar-refractivity contribution in [3.8, 4) is 6.07 Å². The van der Waals surface area contributed by atoms with Gasteiger partial charge in [-0.1, -0.05) is 11.6 Å². The number of nitrogens with one attached hydrogen (secondary N) is 1. The molecule has 0 amide bonds. The minimum atomic E-state index is 0.394. The van der Waals surface area contributed by atoms with Crippen molar-refractivity contribution in [3.63, 3.8) is 0 Å². The van der Waals surface area contributed by atoms with E-state index in [4.69, 9.17) is 22.6 Å². The summed E-state index contributed by atoms with van der Waals surface area (Å²) in [5.74, 6) is 0.394. The Morgan fingerprint density at radius 1 is 1.29 bits per heavy atom. The van der Waals surface area contributed by atoms with Crippen molar-refractivity contribution in [1.29, 1.82) is 5.26 Å². The summed E-state index contributed by atoms with van der Waals surface area (Å²) in [7, 11) is 0. The van der Waals surface area contributed by atoms with E-state index in [2.05, 4.69) is 15.3 Å². The van der Waals surface area contributed by atoms with Crippen LogP contribution in [0.5, 0.6) is 0 Å². The highest BCUT2D eigenvalue weighted by molar-refractivity contribution is 6.33. The Kier molecular flexibility index (Phi) is 3.08. The normalized spacial score (nSPS) is 9.65. The number of hydrogen-bond acceptors (Lipinski definition) is 5. The quantitative estimate of drug-likeness (QED) is 0.848. The van der Waals surface area contributed by atoms with Gasteiger partial charge in [0.05, 0.1) is 40.4 Å². The molecule has 0 aliphatic carbocycles. The molecule has 0 aliphatic heterocycles. The lowest BCUT2D eigenvalue weighted by Gasteiger charge is -2.06. The van der Waals surface area contributed by atoms with Crippen LogP contribution in [-0.2, 0) is 0 Å². The molecule has 0 fully saturated rings. The lowest BCUT2D eigenvalue weighted by molar-refractivity contribution is 1.17. The smallest absolute Gasteiger partial charge is 0.227 e. The molecule has 6 heteroatoms. The van der Waals surface area contributed by atoms with Gasteiger partial charge in [-0.3, -0.25) is 0 Å². The van der Waals surface area contributed by atoms with E-state index in [1.54, 1.807) is 18.2 Å². The van der Waals surface area contributed by atoms with Crippen LogP contribution in [0, 0.1) is 11.3 Å². The van der Waals surface area contributed by atoms with Crippen LogP contribution in [0.4, 0.5) is 17.3 Å². The third-order valence-electron chi connectivity index (χ3n) is 2.02. The lowest BCUT2D eigenvalue weighted by atomic mass is 10.2. The predicted molar refractivity (Wildman–Crippen MR) is 65.9 cm³/mol.